The van der Waals surface area contributed by atoms with Gasteiger partial charge in [0.2, 0.25) is 11.8 Å². The van der Waals surface area contributed by atoms with Crippen molar-refractivity contribution >= 4 is 17.5 Å². The smallest absolute Gasteiger partial charge is 0.224 e. The van der Waals surface area contributed by atoms with Crippen molar-refractivity contribution in [3.05, 3.63) is 23.8 Å². The molecule has 3 rings (SSSR count). The van der Waals surface area contributed by atoms with Crippen LogP contribution in [0.4, 0.5) is 5.69 Å². The van der Waals surface area contributed by atoms with Crippen molar-refractivity contribution in [2.24, 2.45) is 0 Å². The molecule has 0 saturated heterocycles. The molecule has 1 aromatic rings. The molecular formula is C20H28N2O4. The van der Waals surface area contributed by atoms with Gasteiger partial charge in [0, 0.05) is 25.6 Å². The Bertz CT molecular complexity index is 647. The second-order valence-electron chi connectivity index (χ2n) is 7.05. The van der Waals surface area contributed by atoms with Crippen LogP contribution < -0.4 is 15.4 Å². The molecule has 6 nitrogen and oxygen atoms in total. The quantitative estimate of drug-likeness (QED) is 0.733. The average Bonchev–Trinajstić information content (AvgIpc) is 2.65. The van der Waals surface area contributed by atoms with Crippen molar-refractivity contribution in [3.63, 3.8) is 0 Å². The maximum Gasteiger partial charge on any atom is 0.224 e. The highest BCUT2D eigenvalue weighted by atomic mass is 16.5. The first-order chi connectivity index (χ1) is 12.7. The van der Waals surface area contributed by atoms with Gasteiger partial charge in [0.25, 0.3) is 0 Å². The summed E-state index contributed by atoms with van der Waals surface area (Å²) in [6.07, 6.45) is 6.84. The number of benzene rings is 1. The molecule has 1 aliphatic carbocycles. The van der Waals surface area contributed by atoms with Gasteiger partial charge in [-0.15, -0.1) is 0 Å². The molecule has 2 aliphatic rings. The van der Waals surface area contributed by atoms with E-state index in [1.807, 2.05) is 18.2 Å². The largest absolute Gasteiger partial charge is 0.494 e. The van der Waals surface area contributed by atoms with Crippen molar-refractivity contribution < 1.29 is 19.1 Å². The first kappa shape index (κ1) is 18.7. The summed E-state index contributed by atoms with van der Waals surface area (Å²) in [6, 6.07) is 5.84. The first-order valence-corrected chi connectivity index (χ1v) is 9.53. The van der Waals surface area contributed by atoms with Gasteiger partial charge in [-0.2, -0.15) is 0 Å². The molecule has 1 heterocycles. The summed E-state index contributed by atoms with van der Waals surface area (Å²) in [4.78, 5) is 23.5. The number of anilines is 1. The summed E-state index contributed by atoms with van der Waals surface area (Å²) >= 11 is 0. The summed E-state index contributed by atoms with van der Waals surface area (Å²) < 4.78 is 11.2. The summed E-state index contributed by atoms with van der Waals surface area (Å²) in [5.41, 5.74) is 1.97. The number of fused-ring (bicyclic) bond motifs is 1. The van der Waals surface area contributed by atoms with Gasteiger partial charge < -0.3 is 20.1 Å². The lowest BCUT2D eigenvalue weighted by Crippen LogP contribution is -2.45. The summed E-state index contributed by atoms with van der Waals surface area (Å²) in [6.45, 7) is 0.497. The highest BCUT2D eigenvalue weighted by molar-refractivity contribution is 5.94. The normalized spacial score (nSPS) is 22.3. The van der Waals surface area contributed by atoms with E-state index in [1.54, 1.807) is 7.11 Å². The van der Waals surface area contributed by atoms with Crippen molar-refractivity contribution in [2.75, 3.05) is 19.0 Å². The zero-order valence-electron chi connectivity index (χ0n) is 15.4. The number of hydrogen-bond donors (Lipinski definition) is 2. The van der Waals surface area contributed by atoms with Crippen molar-refractivity contribution in [3.8, 4) is 5.75 Å². The minimum atomic E-state index is 0.0610. The van der Waals surface area contributed by atoms with Crippen LogP contribution in [0, 0.1) is 0 Å². The van der Waals surface area contributed by atoms with E-state index in [2.05, 4.69) is 10.6 Å². The van der Waals surface area contributed by atoms with Crippen molar-refractivity contribution in [2.45, 2.75) is 63.5 Å². The lowest BCUT2D eigenvalue weighted by atomic mass is 9.92. The molecule has 0 aromatic heterocycles. The highest BCUT2D eigenvalue weighted by Gasteiger charge is 2.26. The standard InChI is InChI=1S/C20H28N2O4/c1-25-18-6-3-2-5-17(18)22-19(23)7-4-12-26-15-9-10-16-14(13-15)8-11-20(24)21-16/h9-10,13,17-18H,2-8,11-12H2,1H3,(H,21,24)(H,22,23). The third-order valence-electron chi connectivity index (χ3n) is 5.14. The first-order valence-electron chi connectivity index (χ1n) is 9.53. The van der Waals surface area contributed by atoms with E-state index in [0.717, 1.165) is 42.7 Å². The Kier molecular flexibility index (Phi) is 6.50. The Morgan fingerprint density at radius 3 is 2.96 bits per heavy atom. The van der Waals surface area contributed by atoms with Gasteiger partial charge in [-0.3, -0.25) is 9.59 Å². The SMILES string of the molecule is COC1CCCCC1NC(=O)CCCOc1ccc2c(c1)CCC(=O)N2. The molecule has 6 heteroatoms. The van der Waals surface area contributed by atoms with Crippen LogP contribution >= 0.6 is 0 Å². The molecule has 0 radical (unpaired) electrons. The number of carbonyl (C=O) groups excluding carboxylic acids is 2. The molecule has 2 N–H and O–H groups in total. The molecule has 2 atom stereocenters. The van der Waals surface area contributed by atoms with Crippen LogP contribution in [-0.4, -0.2) is 37.7 Å². The van der Waals surface area contributed by atoms with Gasteiger partial charge >= 0.3 is 0 Å². The summed E-state index contributed by atoms with van der Waals surface area (Å²) in [5, 5.41) is 5.96. The fourth-order valence-corrected chi connectivity index (χ4v) is 3.70. The monoisotopic (exact) mass is 360 g/mol. The van der Waals surface area contributed by atoms with E-state index in [-0.39, 0.29) is 24.0 Å². The van der Waals surface area contributed by atoms with Crippen LogP contribution in [0.2, 0.25) is 0 Å². The van der Waals surface area contributed by atoms with Crippen LogP contribution in [-0.2, 0) is 20.7 Å². The van der Waals surface area contributed by atoms with E-state index in [4.69, 9.17) is 9.47 Å². The Labute approximate surface area is 154 Å². The maximum absolute atomic E-state index is 12.1. The van der Waals surface area contributed by atoms with E-state index in [1.165, 1.54) is 6.42 Å². The molecule has 0 bridgehead atoms. The van der Waals surface area contributed by atoms with Gasteiger partial charge in [0.15, 0.2) is 0 Å². The summed E-state index contributed by atoms with van der Waals surface area (Å²) in [7, 11) is 1.72. The lowest BCUT2D eigenvalue weighted by molar-refractivity contribution is -0.123. The molecule has 1 saturated carbocycles. The number of rotatable bonds is 7. The van der Waals surface area contributed by atoms with Gasteiger partial charge in [-0.25, -0.2) is 0 Å². The molecule has 2 amide bonds. The second kappa shape index (κ2) is 9.03. The second-order valence-corrected chi connectivity index (χ2v) is 7.05. The maximum atomic E-state index is 12.1. The molecule has 0 spiro atoms. The number of carbonyl (C=O) groups is 2. The lowest BCUT2D eigenvalue weighted by Gasteiger charge is -2.31. The zero-order valence-corrected chi connectivity index (χ0v) is 15.4. The van der Waals surface area contributed by atoms with Crippen LogP contribution in [0.1, 0.15) is 50.5 Å². The summed E-state index contributed by atoms with van der Waals surface area (Å²) in [5.74, 6) is 0.911. The number of hydrogen-bond acceptors (Lipinski definition) is 4. The fraction of sp³-hybridized carbons (Fsp3) is 0.600. The van der Waals surface area contributed by atoms with Crippen LogP contribution in [0.15, 0.2) is 18.2 Å². The minimum absolute atomic E-state index is 0.0610. The Morgan fingerprint density at radius 2 is 2.12 bits per heavy atom. The molecule has 1 aliphatic heterocycles. The van der Waals surface area contributed by atoms with Gasteiger partial charge in [-0.05, 0) is 49.4 Å². The van der Waals surface area contributed by atoms with Crippen LogP contribution in [0.3, 0.4) is 0 Å². The van der Waals surface area contributed by atoms with Gasteiger partial charge in [-0.1, -0.05) is 12.8 Å². The molecule has 1 aromatic carbocycles. The fourth-order valence-electron chi connectivity index (χ4n) is 3.70. The highest BCUT2D eigenvalue weighted by Crippen LogP contribution is 2.27. The van der Waals surface area contributed by atoms with Crippen molar-refractivity contribution in [1.29, 1.82) is 0 Å². The van der Waals surface area contributed by atoms with Gasteiger partial charge in [0.1, 0.15) is 5.75 Å². The Hall–Kier alpha value is -2.08. The third kappa shape index (κ3) is 4.97. The Balaban J connectivity index is 1.38. The topological polar surface area (TPSA) is 76.7 Å². The van der Waals surface area contributed by atoms with Gasteiger partial charge in [0.05, 0.1) is 18.8 Å². The van der Waals surface area contributed by atoms with E-state index in [0.29, 0.717) is 25.9 Å². The van der Waals surface area contributed by atoms with E-state index in [9.17, 15) is 9.59 Å². The minimum Gasteiger partial charge on any atom is -0.494 e. The predicted molar refractivity (Wildman–Crippen MR) is 99.3 cm³/mol. The molecule has 142 valence electrons. The number of amides is 2. The van der Waals surface area contributed by atoms with E-state index < -0.39 is 0 Å². The molecular weight excluding hydrogens is 332 g/mol. The Morgan fingerprint density at radius 1 is 1.27 bits per heavy atom. The number of methoxy groups -OCH3 is 1. The molecule has 26 heavy (non-hydrogen) atoms. The number of nitrogens with one attached hydrogen (secondary N) is 2. The predicted octanol–water partition coefficient (Wildman–Crippen LogP) is 2.80. The average molecular weight is 360 g/mol. The zero-order chi connectivity index (χ0) is 18.4. The van der Waals surface area contributed by atoms with E-state index >= 15 is 0 Å². The number of aryl methyl sites for hydroxylation is 1. The molecule has 1 fully saturated rings. The third-order valence-corrected chi connectivity index (χ3v) is 5.14. The van der Waals surface area contributed by atoms with Crippen LogP contribution in [0.5, 0.6) is 5.75 Å². The number of ether oxygens (including phenoxy) is 2. The molecule has 2 unspecified atom stereocenters. The van der Waals surface area contributed by atoms with Crippen LogP contribution in [0.25, 0.3) is 0 Å². The van der Waals surface area contributed by atoms with Crippen molar-refractivity contribution in [1.82, 2.24) is 5.32 Å².